The van der Waals surface area contributed by atoms with Crippen molar-refractivity contribution in [2.45, 2.75) is 26.2 Å². The van der Waals surface area contributed by atoms with Crippen LogP contribution in [0.5, 0.6) is 0 Å². The first-order valence-electron chi connectivity index (χ1n) is 3.13. The maximum Gasteiger partial charge on any atom is 0.330 e. The molecule has 0 atom stereocenters. The molecule has 13 heavy (non-hydrogen) atoms. The summed E-state index contributed by atoms with van der Waals surface area (Å²) in [6.07, 6.45) is -3.53. The van der Waals surface area contributed by atoms with Gasteiger partial charge < -0.3 is 5.11 Å². The van der Waals surface area contributed by atoms with Crippen molar-refractivity contribution >= 4 is 5.97 Å². The summed E-state index contributed by atoms with van der Waals surface area (Å²) in [6, 6.07) is 0. The number of carboxylic acid groups (broad SMARTS) is 1. The van der Waals surface area contributed by atoms with Crippen molar-refractivity contribution in [2.24, 2.45) is 0 Å². The van der Waals surface area contributed by atoms with Gasteiger partial charge in [0.15, 0.2) is 0 Å². The van der Waals surface area contributed by atoms with E-state index >= 15 is 0 Å². The molecule has 0 aliphatic heterocycles. The zero-order chi connectivity index (χ0) is 11.2. The van der Waals surface area contributed by atoms with Gasteiger partial charge in [0, 0.05) is 12.5 Å². The maximum atomic E-state index is 11.1. The fourth-order valence-corrected chi connectivity index (χ4v) is 0. The topological polar surface area (TPSA) is 37.3 Å². The maximum absolute atomic E-state index is 11.1. The van der Waals surface area contributed by atoms with Crippen molar-refractivity contribution in [3.05, 3.63) is 12.2 Å². The van der Waals surface area contributed by atoms with Gasteiger partial charge in [-0.2, -0.15) is 0 Å². The highest BCUT2D eigenvalue weighted by Crippen LogP contribution is 2.20. The molecule has 0 aliphatic carbocycles. The number of halogens is 4. The molecule has 0 aliphatic rings. The summed E-state index contributed by atoms with van der Waals surface area (Å²) in [6.45, 7) is 4.78. The van der Waals surface area contributed by atoms with E-state index in [1.54, 1.807) is 0 Å². The molecule has 1 N–H and O–H groups in total. The highest BCUT2D eigenvalue weighted by atomic mass is 19.3. The second-order valence-corrected chi connectivity index (χ2v) is 2.34. The Labute approximate surface area is 72.9 Å². The van der Waals surface area contributed by atoms with Crippen LogP contribution in [-0.2, 0) is 4.79 Å². The molecule has 0 spiro atoms. The van der Waals surface area contributed by atoms with Crippen LogP contribution in [0.4, 0.5) is 17.6 Å². The number of rotatable bonds is 2. The van der Waals surface area contributed by atoms with Crippen LogP contribution in [-0.4, -0.2) is 23.4 Å². The lowest BCUT2D eigenvalue weighted by Crippen LogP contribution is -2.20. The van der Waals surface area contributed by atoms with Crippen LogP contribution in [0.25, 0.3) is 0 Å². The van der Waals surface area contributed by atoms with Crippen molar-refractivity contribution in [1.29, 1.82) is 0 Å². The zero-order valence-electron chi connectivity index (χ0n) is 7.15. The first kappa shape index (κ1) is 14.5. The summed E-state index contributed by atoms with van der Waals surface area (Å²) in [5, 5.41) is 7.89. The summed E-state index contributed by atoms with van der Waals surface area (Å²) in [7, 11) is 0. The van der Waals surface area contributed by atoms with Crippen LogP contribution < -0.4 is 0 Å². The van der Waals surface area contributed by atoms with Gasteiger partial charge in [0.05, 0.1) is 0 Å². The molecule has 0 aromatic rings. The van der Waals surface area contributed by atoms with Crippen molar-refractivity contribution < 1.29 is 27.5 Å². The first-order chi connectivity index (χ1) is 5.59. The summed E-state index contributed by atoms with van der Waals surface area (Å²) in [5.41, 5.74) is 0.176. The highest BCUT2D eigenvalue weighted by Gasteiger charge is 2.33. The number of hydrogen-bond donors (Lipinski definition) is 1. The smallest absolute Gasteiger partial charge is 0.330 e. The normalized spacial score (nSPS) is 10.4. The van der Waals surface area contributed by atoms with E-state index in [4.69, 9.17) is 5.11 Å². The molecule has 0 saturated heterocycles. The molecule has 6 heteroatoms. The Balaban J connectivity index is 0. The van der Waals surface area contributed by atoms with Gasteiger partial charge in [-0.15, -0.1) is 0 Å². The van der Waals surface area contributed by atoms with Gasteiger partial charge in [0.2, 0.25) is 0 Å². The highest BCUT2D eigenvalue weighted by molar-refractivity contribution is 5.84. The SMILES string of the molecule is C=C(C)C(=O)O.CC(F)(F)C(F)F. The number of carboxylic acids is 1. The Morgan fingerprint density at radius 3 is 1.62 bits per heavy atom. The van der Waals surface area contributed by atoms with Gasteiger partial charge in [-0.3, -0.25) is 0 Å². The molecular formula is C7H10F4O2. The lowest BCUT2D eigenvalue weighted by atomic mass is 10.4. The fraction of sp³-hybridized carbons (Fsp3) is 0.571. The summed E-state index contributed by atoms with van der Waals surface area (Å²) in [4.78, 5) is 9.60. The second-order valence-electron chi connectivity index (χ2n) is 2.34. The van der Waals surface area contributed by atoms with Crippen molar-refractivity contribution in [3.8, 4) is 0 Å². The fourth-order valence-electron chi connectivity index (χ4n) is 0. The van der Waals surface area contributed by atoms with Gasteiger partial charge in [0.25, 0.3) is 0 Å². The Morgan fingerprint density at radius 2 is 1.62 bits per heavy atom. The predicted molar refractivity (Wildman–Crippen MR) is 39.1 cm³/mol. The summed E-state index contributed by atoms with van der Waals surface area (Å²) in [5.74, 6) is -4.77. The molecule has 0 rings (SSSR count). The van der Waals surface area contributed by atoms with E-state index in [9.17, 15) is 22.4 Å². The number of aliphatic carboxylic acids is 1. The molecule has 0 bridgehead atoms. The third kappa shape index (κ3) is 10.9. The number of alkyl halides is 4. The van der Waals surface area contributed by atoms with E-state index in [1.807, 2.05) is 0 Å². The Kier molecular flexibility index (Phi) is 6.18. The minimum absolute atomic E-state index is 0.176. The quantitative estimate of drug-likeness (QED) is 0.551. The average molecular weight is 202 g/mol. The van der Waals surface area contributed by atoms with E-state index in [1.165, 1.54) is 6.92 Å². The van der Waals surface area contributed by atoms with Crippen molar-refractivity contribution in [3.63, 3.8) is 0 Å². The minimum atomic E-state index is -3.83. The second kappa shape index (κ2) is 5.55. The van der Waals surface area contributed by atoms with Crippen LogP contribution in [0, 0.1) is 0 Å². The third-order valence-electron chi connectivity index (χ3n) is 0.748. The standard InChI is InChI=1S/C4H6O2.C3H4F4/c1-3(2)4(5)6;1-3(6,7)2(4)5/h1H2,2H3,(H,5,6);2H,1H3. The van der Waals surface area contributed by atoms with E-state index in [0.29, 0.717) is 0 Å². The lowest BCUT2D eigenvalue weighted by molar-refractivity contribution is -0.132. The van der Waals surface area contributed by atoms with Crippen LogP contribution >= 0.6 is 0 Å². The van der Waals surface area contributed by atoms with E-state index in [2.05, 4.69) is 6.58 Å². The van der Waals surface area contributed by atoms with E-state index in [-0.39, 0.29) is 12.5 Å². The minimum Gasteiger partial charge on any atom is -0.478 e. The van der Waals surface area contributed by atoms with E-state index in [0.717, 1.165) is 0 Å². The molecule has 0 radical (unpaired) electrons. The number of carbonyl (C=O) groups is 1. The van der Waals surface area contributed by atoms with Gasteiger partial charge in [0.1, 0.15) is 0 Å². The molecule has 0 aromatic carbocycles. The molecular weight excluding hydrogens is 192 g/mol. The molecule has 0 saturated carbocycles. The molecule has 2 nitrogen and oxygen atoms in total. The van der Waals surface area contributed by atoms with Crippen LogP contribution in [0.15, 0.2) is 12.2 Å². The zero-order valence-corrected chi connectivity index (χ0v) is 7.15. The van der Waals surface area contributed by atoms with Crippen molar-refractivity contribution in [2.75, 3.05) is 0 Å². The van der Waals surface area contributed by atoms with Gasteiger partial charge in [-0.1, -0.05) is 6.58 Å². The van der Waals surface area contributed by atoms with Gasteiger partial charge >= 0.3 is 18.3 Å². The first-order valence-corrected chi connectivity index (χ1v) is 3.13. The Hall–Kier alpha value is -1.07. The predicted octanol–water partition coefficient (Wildman–Crippen LogP) is 2.55. The van der Waals surface area contributed by atoms with Gasteiger partial charge in [-0.25, -0.2) is 22.4 Å². The summed E-state index contributed by atoms with van der Waals surface area (Å²) >= 11 is 0. The van der Waals surface area contributed by atoms with E-state index < -0.39 is 18.3 Å². The Bertz CT molecular complexity index is 171. The van der Waals surface area contributed by atoms with Crippen LogP contribution in [0.1, 0.15) is 13.8 Å². The average Bonchev–Trinajstić information content (AvgIpc) is 1.86. The molecule has 0 fully saturated rings. The van der Waals surface area contributed by atoms with Gasteiger partial charge in [-0.05, 0) is 6.92 Å². The molecule has 78 valence electrons. The van der Waals surface area contributed by atoms with Crippen LogP contribution in [0.3, 0.4) is 0 Å². The molecule has 0 aromatic heterocycles. The van der Waals surface area contributed by atoms with Crippen molar-refractivity contribution in [1.82, 2.24) is 0 Å². The summed E-state index contributed by atoms with van der Waals surface area (Å²) < 4.78 is 43.8. The monoisotopic (exact) mass is 202 g/mol. The van der Waals surface area contributed by atoms with Crippen LogP contribution in [0.2, 0.25) is 0 Å². The Morgan fingerprint density at radius 1 is 1.46 bits per heavy atom. The largest absolute Gasteiger partial charge is 0.478 e. The molecule has 0 unspecified atom stereocenters. The lowest BCUT2D eigenvalue weighted by Gasteiger charge is -2.05. The third-order valence-corrected chi connectivity index (χ3v) is 0.748. The number of hydrogen-bond acceptors (Lipinski definition) is 1. The molecule has 0 heterocycles. The molecule has 0 amide bonds.